The predicted octanol–water partition coefficient (Wildman–Crippen LogP) is 6.41. The molecule has 3 aliphatic heterocycles. The first-order valence-corrected chi connectivity index (χ1v) is 20.4. The van der Waals surface area contributed by atoms with Gasteiger partial charge in [0.25, 0.3) is 0 Å². The minimum atomic E-state index is -0.806. The number of halogens is 3. The molecule has 0 spiro atoms. The van der Waals surface area contributed by atoms with Crippen LogP contribution in [0.3, 0.4) is 0 Å². The van der Waals surface area contributed by atoms with Crippen molar-refractivity contribution in [1.29, 1.82) is 0 Å². The van der Waals surface area contributed by atoms with Gasteiger partial charge in [0.2, 0.25) is 0 Å². The van der Waals surface area contributed by atoms with E-state index in [1.165, 1.54) is 0 Å². The Kier molecular flexibility index (Phi) is 14.5. The van der Waals surface area contributed by atoms with Crippen LogP contribution in [0.4, 0.5) is 0 Å². The molecular formula is C42H51Cl3N4O6. The Balaban J connectivity index is 1.29. The lowest BCUT2D eigenvalue weighted by molar-refractivity contribution is -0.144. The maximum absolute atomic E-state index is 12.3. The Hall–Kier alpha value is -3.22. The van der Waals surface area contributed by atoms with Gasteiger partial charge in [0, 0.05) is 34.7 Å². The van der Waals surface area contributed by atoms with E-state index in [9.17, 15) is 29.7 Å². The zero-order valence-corrected chi connectivity index (χ0v) is 33.2. The summed E-state index contributed by atoms with van der Waals surface area (Å²) in [4.78, 5) is 39.2. The number of nitrogens with one attached hydrogen (secondary N) is 3. The number of carboxylic acid groups (broad SMARTS) is 3. The Morgan fingerprint density at radius 1 is 0.545 bits per heavy atom. The van der Waals surface area contributed by atoms with E-state index in [4.69, 9.17) is 34.8 Å². The third kappa shape index (κ3) is 11.0. The molecule has 3 saturated heterocycles. The first-order chi connectivity index (χ1) is 26.4. The number of hydrogen-bond donors (Lipinski definition) is 6. The average molecular weight is 814 g/mol. The van der Waals surface area contributed by atoms with Crippen molar-refractivity contribution in [2.24, 2.45) is 35.5 Å². The third-order valence-corrected chi connectivity index (χ3v) is 12.9. The molecule has 0 saturated carbocycles. The Bertz CT molecular complexity index is 1620. The van der Waals surface area contributed by atoms with Gasteiger partial charge in [-0.2, -0.15) is 0 Å². The standard InChI is InChI=1S/C42H51Cl3N4O6/c43-37-4-1-25(16-34(40(50)51)28-7-10-46-19-28)13-31(37)22-49(23-32-14-26(2-5-38(32)44)17-35(41(52)53)29-8-11-47-20-29)24-33-15-27(3-6-39(33)45)18-36(42(54)55)30-9-12-48-21-30/h1-6,13-15,28-30,34-36,46-48H,7-12,16-24H2,(H,50,51)(H,52,53)(H,54,55). The summed E-state index contributed by atoms with van der Waals surface area (Å²) in [6.45, 7) is 5.63. The highest BCUT2D eigenvalue weighted by atomic mass is 35.5. The van der Waals surface area contributed by atoms with E-state index < -0.39 is 35.7 Å². The van der Waals surface area contributed by atoms with Gasteiger partial charge in [0.05, 0.1) is 17.8 Å². The Labute approximate surface area is 337 Å². The average Bonchev–Trinajstić information content (AvgIpc) is 3.97. The first-order valence-electron chi connectivity index (χ1n) is 19.3. The SMILES string of the molecule is O=C(O)C(Cc1ccc(Cl)c(CN(Cc2cc(CC(C(=O)O)C3CCNC3)ccc2Cl)Cc2cc(CC(C(=O)O)C3CCNC3)ccc2Cl)c1)C1CCNC1. The Morgan fingerprint density at radius 3 is 1.07 bits per heavy atom. The van der Waals surface area contributed by atoms with Crippen LogP contribution in [0.25, 0.3) is 0 Å². The van der Waals surface area contributed by atoms with Crippen LogP contribution in [-0.4, -0.2) is 77.4 Å². The van der Waals surface area contributed by atoms with E-state index in [0.29, 0.717) is 73.6 Å². The summed E-state index contributed by atoms with van der Waals surface area (Å²) in [6, 6.07) is 17.1. The van der Waals surface area contributed by atoms with Crippen LogP contribution >= 0.6 is 34.8 Å². The van der Waals surface area contributed by atoms with Crippen molar-refractivity contribution in [3.63, 3.8) is 0 Å². The highest BCUT2D eigenvalue weighted by Crippen LogP contribution is 2.32. The van der Waals surface area contributed by atoms with Crippen LogP contribution < -0.4 is 16.0 Å². The molecule has 6 atom stereocenters. The molecule has 3 aliphatic rings. The van der Waals surface area contributed by atoms with E-state index in [-0.39, 0.29) is 17.8 Å². The van der Waals surface area contributed by atoms with Gasteiger partial charge in [-0.1, -0.05) is 71.2 Å². The lowest BCUT2D eigenvalue weighted by Gasteiger charge is -2.26. The molecule has 6 N–H and O–H groups in total. The summed E-state index contributed by atoms with van der Waals surface area (Å²) in [5.41, 5.74) is 5.15. The molecule has 13 heteroatoms. The number of benzene rings is 3. The molecule has 6 rings (SSSR count). The summed E-state index contributed by atoms with van der Waals surface area (Å²) in [5, 5.41) is 41.9. The van der Waals surface area contributed by atoms with E-state index in [0.717, 1.165) is 72.3 Å². The van der Waals surface area contributed by atoms with E-state index >= 15 is 0 Å². The monoisotopic (exact) mass is 812 g/mol. The molecule has 3 heterocycles. The quantitative estimate of drug-likeness (QED) is 0.0851. The zero-order chi connectivity index (χ0) is 39.1. The molecule has 3 aromatic carbocycles. The van der Waals surface area contributed by atoms with Crippen molar-refractivity contribution in [2.75, 3.05) is 39.3 Å². The van der Waals surface area contributed by atoms with Crippen LogP contribution in [0.2, 0.25) is 15.1 Å². The molecule has 296 valence electrons. The molecule has 6 unspecified atom stereocenters. The predicted molar refractivity (Wildman–Crippen MR) is 215 cm³/mol. The smallest absolute Gasteiger partial charge is 0.307 e. The topological polar surface area (TPSA) is 151 Å². The number of hydrogen-bond acceptors (Lipinski definition) is 7. The second kappa shape index (κ2) is 19.3. The van der Waals surface area contributed by atoms with Gasteiger partial charge in [0.15, 0.2) is 0 Å². The largest absolute Gasteiger partial charge is 0.481 e. The van der Waals surface area contributed by atoms with Crippen molar-refractivity contribution in [1.82, 2.24) is 20.9 Å². The van der Waals surface area contributed by atoms with Crippen molar-refractivity contribution in [2.45, 2.75) is 58.2 Å². The van der Waals surface area contributed by atoms with Gasteiger partial charge in [-0.25, -0.2) is 0 Å². The number of carbonyl (C=O) groups is 3. The maximum Gasteiger partial charge on any atom is 0.307 e. The molecule has 0 aliphatic carbocycles. The third-order valence-electron chi connectivity index (χ3n) is 11.8. The summed E-state index contributed by atoms with van der Waals surface area (Å²) < 4.78 is 0. The zero-order valence-electron chi connectivity index (χ0n) is 30.9. The van der Waals surface area contributed by atoms with E-state index in [1.54, 1.807) is 0 Å². The highest BCUT2D eigenvalue weighted by molar-refractivity contribution is 6.32. The lowest BCUT2D eigenvalue weighted by Crippen LogP contribution is -2.28. The number of carboxylic acids is 3. The normalized spacial score (nSPS) is 21.5. The van der Waals surface area contributed by atoms with E-state index in [1.807, 2.05) is 54.6 Å². The molecule has 55 heavy (non-hydrogen) atoms. The van der Waals surface area contributed by atoms with Gasteiger partial charge >= 0.3 is 17.9 Å². The molecule has 3 aromatic rings. The van der Waals surface area contributed by atoms with Crippen LogP contribution in [0.15, 0.2) is 54.6 Å². The summed E-state index contributed by atoms with van der Waals surface area (Å²) in [6.07, 6.45) is 3.61. The highest BCUT2D eigenvalue weighted by Gasteiger charge is 2.33. The fourth-order valence-corrected chi connectivity index (χ4v) is 9.24. The second-order valence-corrected chi connectivity index (χ2v) is 16.8. The summed E-state index contributed by atoms with van der Waals surface area (Å²) in [7, 11) is 0. The van der Waals surface area contributed by atoms with Gasteiger partial charge in [-0.05, 0) is 147 Å². The number of rotatable bonds is 18. The number of nitrogens with zero attached hydrogens (tertiary/aromatic N) is 1. The van der Waals surface area contributed by atoms with Crippen LogP contribution in [0.1, 0.15) is 52.6 Å². The molecule has 0 aromatic heterocycles. The molecule has 0 amide bonds. The van der Waals surface area contributed by atoms with Crippen LogP contribution in [0.5, 0.6) is 0 Å². The van der Waals surface area contributed by atoms with Crippen molar-refractivity contribution < 1.29 is 29.7 Å². The number of aliphatic carboxylic acids is 3. The first kappa shape index (κ1) is 41.4. The second-order valence-electron chi connectivity index (χ2n) is 15.6. The van der Waals surface area contributed by atoms with Crippen LogP contribution in [0, 0.1) is 35.5 Å². The molecule has 3 fully saturated rings. The van der Waals surface area contributed by atoms with Crippen molar-refractivity contribution in [3.05, 3.63) is 103 Å². The maximum atomic E-state index is 12.3. The fourth-order valence-electron chi connectivity index (χ4n) is 8.71. The molecule has 0 radical (unpaired) electrons. The van der Waals surface area contributed by atoms with Crippen molar-refractivity contribution in [3.8, 4) is 0 Å². The minimum Gasteiger partial charge on any atom is -0.481 e. The molecule has 0 bridgehead atoms. The van der Waals surface area contributed by atoms with Crippen molar-refractivity contribution >= 4 is 52.7 Å². The lowest BCUT2D eigenvalue weighted by atomic mass is 9.85. The summed E-state index contributed by atoms with van der Waals surface area (Å²) >= 11 is 20.6. The van der Waals surface area contributed by atoms with E-state index in [2.05, 4.69) is 20.9 Å². The van der Waals surface area contributed by atoms with Crippen LogP contribution in [-0.2, 0) is 53.3 Å². The van der Waals surface area contributed by atoms with Gasteiger partial charge in [-0.3, -0.25) is 19.3 Å². The molecule has 10 nitrogen and oxygen atoms in total. The van der Waals surface area contributed by atoms with Gasteiger partial charge in [0.1, 0.15) is 0 Å². The summed E-state index contributed by atoms with van der Waals surface area (Å²) in [5.74, 6) is -3.83. The Morgan fingerprint density at radius 2 is 0.836 bits per heavy atom. The van der Waals surface area contributed by atoms with Gasteiger partial charge < -0.3 is 31.3 Å². The minimum absolute atomic E-state index is 0.0493. The van der Waals surface area contributed by atoms with Gasteiger partial charge in [-0.15, -0.1) is 0 Å². The molecular weight excluding hydrogens is 763 g/mol. The fraction of sp³-hybridized carbons (Fsp3) is 0.500.